The minimum atomic E-state index is -4.22. The topological polar surface area (TPSA) is 92.8 Å². The minimum absolute atomic E-state index is 0.0722. The van der Waals surface area contributed by atoms with Crippen molar-refractivity contribution in [1.82, 2.24) is 0 Å². The van der Waals surface area contributed by atoms with Gasteiger partial charge in [0.15, 0.2) is 0 Å². The van der Waals surface area contributed by atoms with E-state index in [1.54, 1.807) is 18.2 Å². The van der Waals surface area contributed by atoms with Gasteiger partial charge in [0.1, 0.15) is 12.4 Å². The number of ether oxygens (including phenoxy) is 1. The van der Waals surface area contributed by atoms with Crippen molar-refractivity contribution in [1.29, 1.82) is 0 Å². The molecule has 3 aromatic carbocycles. The van der Waals surface area contributed by atoms with Gasteiger partial charge < -0.3 is 10.1 Å². The zero-order valence-electron chi connectivity index (χ0n) is 18.6. The lowest BCUT2D eigenvalue weighted by molar-refractivity contribution is -0.114. The lowest BCUT2D eigenvalue weighted by Gasteiger charge is -2.24. The second kappa shape index (κ2) is 11.4. The second-order valence-corrected chi connectivity index (χ2v) is 9.25. The number of unbranched alkanes of at least 4 members (excludes halogenated alkanes) is 1. The van der Waals surface area contributed by atoms with Gasteiger partial charge in [-0.3, -0.25) is 9.10 Å². The molecule has 7 nitrogen and oxygen atoms in total. The Bertz CT molecular complexity index is 1230. The highest BCUT2D eigenvalue weighted by Gasteiger charge is 2.29. The maximum atomic E-state index is 14.5. The molecule has 0 saturated carbocycles. The first-order valence-corrected chi connectivity index (χ1v) is 12.2. The molecule has 3 rings (SSSR count). The number of rotatable bonds is 10. The van der Waals surface area contributed by atoms with E-state index in [1.165, 1.54) is 54.6 Å². The minimum Gasteiger partial charge on any atom is -0.462 e. The second-order valence-electron chi connectivity index (χ2n) is 7.39. The van der Waals surface area contributed by atoms with E-state index in [9.17, 15) is 22.4 Å². The van der Waals surface area contributed by atoms with E-state index in [1.807, 2.05) is 6.92 Å². The highest BCUT2D eigenvalue weighted by atomic mass is 32.2. The van der Waals surface area contributed by atoms with Gasteiger partial charge in [0.2, 0.25) is 5.91 Å². The summed E-state index contributed by atoms with van der Waals surface area (Å²) in [5.74, 6) is -1.92. The number of benzene rings is 3. The van der Waals surface area contributed by atoms with Gasteiger partial charge in [-0.25, -0.2) is 17.6 Å². The molecule has 1 N–H and O–H groups in total. The number of hydrogen-bond donors (Lipinski definition) is 1. The van der Waals surface area contributed by atoms with Gasteiger partial charge in [0, 0.05) is 5.69 Å². The molecule has 0 saturated heterocycles. The Labute approximate surface area is 198 Å². The van der Waals surface area contributed by atoms with Crippen LogP contribution in [0.2, 0.25) is 0 Å². The van der Waals surface area contributed by atoms with Crippen LogP contribution in [0.3, 0.4) is 0 Å². The summed E-state index contributed by atoms with van der Waals surface area (Å²) in [5, 5.41) is 2.58. The van der Waals surface area contributed by atoms with Crippen LogP contribution < -0.4 is 9.62 Å². The zero-order chi connectivity index (χ0) is 24.6. The average molecular weight is 485 g/mol. The number of anilines is 2. The number of hydrogen-bond acceptors (Lipinski definition) is 5. The molecule has 34 heavy (non-hydrogen) atoms. The molecule has 0 aliphatic rings. The number of nitrogens with one attached hydrogen (secondary N) is 1. The number of esters is 1. The van der Waals surface area contributed by atoms with E-state index >= 15 is 0 Å². The fourth-order valence-corrected chi connectivity index (χ4v) is 4.54. The molecule has 0 heterocycles. The van der Waals surface area contributed by atoms with Gasteiger partial charge in [0.05, 0.1) is 22.8 Å². The van der Waals surface area contributed by atoms with Crippen LogP contribution in [0.15, 0.2) is 83.8 Å². The van der Waals surface area contributed by atoms with E-state index in [-0.39, 0.29) is 10.6 Å². The SMILES string of the molecule is CCCCOC(=O)c1ccc(NC(=O)CN(c2ccccc2F)S(=O)(=O)c2ccccc2)cc1. The molecule has 0 radical (unpaired) electrons. The van der Waals surface area contributed by atoms with Crippen molar-refractivity contribution in [3.8, 4) is 0 Å². The van der Waals surface area contributed by atoms with Crippen molar-refractivity contribution < 1.29 is 27.1 Å². The summed E-state index contributed by atoms with van der Waals surface area (Å²) in [4.78, 5) is 24.7. The predicted octanol–water partition coefficient (Wildman–Crippen LogP) is 4.62. The van der Waals surface area contributed by atoms with E-state index in [2.05, 4.69) is 5.32 Å². The number of nitrogens with zero attached hydrogens (tertiary/aromatic N) is 1. The van der Waals surface area contributed by atoms with Crippen molar-refractivity contribution in [3.05, 3.63) is 90.2 Å². The lowest BCUT2D eigenvalue weighted by atomic mass is 10.2. The molecule has 0 spiro atoms. The summed E-state index contributed by atoms with van der Waals surface area (Å²) in [6, 6.07) is 18.8. The molecule has 9 heteroatoms. The molecular formula is C25H25FN2O5S. The van der Waals surface area contributed by atoms with E-state index in [0.29, 0.717) is 17.9 Å². The number of sulfonamides is 1. The number of carbonyl (C=O) groups excluding carboxylic acids is 2. The molecule has 0 bridgehead atoms. The fraction of sp³-hybridized carbons (Fsp3) is 0.200. The fourth-order valence-electron chi connectivity index (χ4n) is 3.09. The van der Waals surface area contributed by atoms with Crippen molar-refractivity contribution in [3.63, 3.8) is 0 Å². The molecule has 0 aromatic heterocycles. The van der Waals surface area contributed by atoms with Crippen LogP contribution in [0.25, 0.3) is 0 Å². The van der Waals surface area contributed by atoms with E-state index in [0.717, 1.165) is 23.2 Å². The molecule has 0 fully saturated rings. The summed E-state index contributed by atoms with van der Waals surface area (Å²) < 4.78 is 46.8. The third-order valence-corrected chi connectivity index (χ3v) is 6.65. The standard InChI is InChI=1S/C25H25FN2O5S/c1-2-3-17-33-25(30)19-13-15-20(16-14-19)27-24(29)18-28(23-12-8-7-11-22(23)26)34(31,32)21-9-5-4-6-10-21/h4-16H,2-3,17-18H2,1H3,(H,27,29). The first-order valence-electron chi connectivity index (χ1n) is 10.7. The Hall–Kier alpha value is -3.72. The van der Waals surface area contributed by atoms with Crippen LogP contribution in [0, 0.1) is 5.82 Å². The molecule has 0 unspecified atom stereocenters. The van der Waals surface area contributed by atoms with Crippen LogP contribution >= 0.6 is 0 Å². The van der Waals surface area contributed by atoms with E-state index in [4.69, 9.17) is 4.74 Å². The Kier molecular flexibility index (Phi) is 8.37. The zero-order valence-corrected chi connectivity index (χ0v) is 19.4. The van der Waals surface area contributed by atoms with Gasteiger partial charge in [-0.1, -0.05) is 43.7 Å². The van der Waals surface area contributed by atoms with Crippen LogP contribution in [0.1, 0.15) is 30.1 Å². The van der Waals surface area contributed by atoms with Gasteiger partial charge in [-0.05, 0) is 55.0 Å². The highest BCUT2D eigenvalue weighted by Crippen LogP contribution is 2.26. The van der Waals surface area contributed by atoms with Crippen molar-refractivity contribution in [2.45, 2.75) is 24.7 Å². The van der Waals surface area contributed by atoms with Crippen LogP contribution in [0.5, 0.6) is 0 Å². The van der Waals surface area contributed by atoms with Gasteiger partial charge in [-0.2, -0.15) is 0 Å². The molecule has 3 aromatic rings. The maximum absolute atomic E-state index is 14.5. The summed E-state index contributed by atoms with van der Waals surface area (Å²) in [7, 11) is -4.22. The normalized spacial score (nSPS) is 11.0. The number of amides is 1. The largest absolute Gasteiger partial charge is 0.462 e. The first kappa shape index (κ1) is 24.9. The van der Waals surface area contributed by atoms with Crippen molar-refractivity contribution >= 4 is 33.3 Å². The van der Waals surface area contributed by atoms with Crippen molar-refractivity contribution in [2.75, 3.05) is 22.8 Å². The summed E-state index contributed by atoms with van der Waals surface area (Å²) in [5.41, 5.74) is 0.432. The third kappa shape index (κ3) is 6.20. The quantitative estimate of drug-likeness (QED) is 0.335. The predicted molar refractivity (Wildman–Crippen MR) is 128 cm³/mol. The average Bonchev–Trinajstić information content (AvgIpc) is 2.84. The third-order valence-electron chi connectivity index (χ3n) is 4.87. The monoisotopic (exact) mass is 484 g/mol. The Balaban J connectivity index is 1.78. The van der Waals surface area contributed by atoms with Gasteiger partial charge >= 0.3 is 5.97 Å². The molecule has 0 atom stereocenters. The smallest absolute Gasteiger partial charge is 0.338 e. The highest BCUT2D eigenvalue weighted by molar-refractivity contribution is 7.92. The van der Waals surface area contributed by atoms with Crippen LogP contribution in [0.4, 0.5) is 15.8 Å². The Morgan fingerprint density at radius 1 is 0.941 bits per heavy atom. The molecule has 1 amide bonds. The summed E-state index contributed by atoms with van der Waals surface area (Å²) in [6.45, 7) is 1.66. The van der Waals surface area contributed by atoms with Gasteiger partial charge in [0.25, 0.3) is 10.0 Å². The van der Waals surface area contributed by atoms with Crippen LogP contribution in [-0.2, 0) is 19.6 Å². The molecule has 178 valence electrons. The molecule has 0 aliphatic carbocycles. The number of para-hydroxylation sites is 1. The van der Waals surface area contributed by atoms with Crippen LogP contribution in [-0.4, -0.2) is 33.4 Å². The lowest BCUT2D eigenvalue weighted by Crippen LogP contribution is -2.38. The number of carbonyl (C=O) groups is 2. The van der Waals surface area contributed by atoms with Crippen molar-refractivity contribution in [2.24, 2.45) is 0 Å². The molecular weight excluding hydrogens is 459 g/mol. The summed E-state index contributed by atoms with van der Waals surface area (Å²) in [6.07, 6.45) is 1.67. The summed E-state index contributed by atoms with van der Waals surface area (Å²) >= 11 is 0. The number of halogens is 1. The Morgan fingerprint density at radius 2 is 1.59 bits per heavy atom. The Morgan fingerprint density at radius 3 is 2.24 bits per heavy atom. The maximum Gasteiger partial charge on any atom is 0.338 e. The molecule has 0 aliphatic heterocycles. The van der Waals surface area contributed by atoms with E-state index < -0.39 is 34.3 Å². The first-order chi connectivity index (χ1) is 16.3. The van der Waals surface area contributed by atoms with Gasteiger partial charge in [-0.15, -0.1) is 0 Å².